The number of anilines is 2. The number of methoxy groups -OCH3 is 2. The Kier molecular flexibility index (Phi) is 7.81. The van der Waals surface area contributed by atoms with E-state index in [0.717, 1.165) is 24.0 Å². The number of nitrogens with one attached hydrogen (secondary N) is 2. The zero-order chi connectivity index (χ0) is 30.2. The van der Waals surface area contributed by atoms with Gasteiger partial charge < -0.3 is 25.8 Å². The molecule has 1 aliphatic carbocycles. The molecule has 5 atom stereocenters. The topological polar surface area (TPSA) is 106 Å². The van der Waals surface area contributed by atoms with Crippen LogP contribution in [0.1, 0.15) is 65.7 Å². The molecule has 1 amide bonds. The van der Waals surface area contributed by atoms with Crippen LogP contribution in [0.25, 0.3) is 0 Å². The highest BCUT2D eigenvalue weighted by Crippen LogP contribution is 2.61. The molecule has 8 nitrogen and oxygen atoms in total. The molecule has 3 heterocycles. The lowest BCUT2D eigenvalue weighted by Crippen LogP contribution is -2.53. The Labute approximate surface area is 266 Å². The van der Waals surface area contributed by atoms with Crippen LogP contribution in [0.5, 0.6) is 5.75 Å². The number of fused-ring (bicyclic) bond motifs is 3. The van der Waals surface area contributed by atoms with Crippen LogP contribution < -0.4 is 21.1 Å². The molecule has 7 rings (SSSR count). The number of nitrogens with zero attached hydrogens (tertiary/aromatic N) is 1. The van der Waals surface area contributed by atoms with Crippen molar-refractivity contribution >= 4 is 46.5 Å². The van der Waals surface area contributed by atoms with E-state index in [0.29, 0.717) is 46.6 Å². The maximum atomic E-state index is 16.0. The highest BCUT2D eigenvalue weighted by Gasteiger charge is 2.69. The standard InChI is InChI=1S/C32H31Cl2FN4O4.CH4/c1-42-26-12-18(22(36)11-19(26)30(40)43-2)23-13-25-29(37-23)27(17-4-3-5-21(34)28(17)35)32(39(25)14-15-6-7-15)20-9-8-16(33)10-24(20)38-31(32)41;/h3-5,8-12,15,23,25,27,29,37H,6-7,13-14,36H2,1-2H3,(H,38,41);1H4/t23?,25-,27-,29+,32+;/m0./s1. The summed E-state index contributed by atoms with van der Waals surface area (Å²) in [6, 6.07) is 13.0. The lowest BCUT2D eigenvalue weighted by molar-refractivity contribution is -0.128. The summed E-state index contributed by atoms with van der Waals surface area (Å²) in [4.78, 5) is 29.0. The van der Waals surface area contributed by atoms with E-state index in [-0.39, 0.29) is 42.0 Å². The van der Waals surface area contributed by atoms with Crippen molar-refractivity contribution in [2.75, 3.05) is 31.8 Å². The van der Waals surface area contributed by atoms with Crippen LogP contribution in [0.15, 0.2) is 48.5 Å². The summed E-state index contributed by atoms with van der Waals surface area (Å²) in [6.45, 7) is 0.684. The van der Waals surface area contributed by atoms with Gasteiger partial charge in [0.25, 0.3) is 0 Å². The number of halogens is 3. The van der Waals surface area contributed by atoms with Crippen LogP contribution in [0.3, 0.4) is 0 Å². The second-order valence-electron chi connectivity index (χ2n) is 11.8. The van der Waals surface area contributed by atoms with Crippen molar-refractivity contribution in [3.63, 3.8) is 0 Å². The largest absolute Gasteiger partial charge is 0.496 e. The number of hydrogen-bond donors (Lipinski definition) is 3. The fourth-order valence-corrected chi connectivity index (χ4v) is 7.99. The zero-order valence-corrected chi connectivity index (χ0v) is 25.1. The van der Waals surface area contributed by atoms with E-state index in [1.807, 2.05) is 6.07 Å². The van der Waals surface area contributed by atoms with Gasteiger partial charge in [-0.3, -0.25) is 9.69 Å². The number of carbonyl (C=O) groups is 2. The van der Waals surface area contributed by atoms with Crippen LogP contribution in [0.2, 0.25) is 10.0 Å². The number of benzene rings is 3. The SMILES string of the molecule is C.COC(=O)c1cc(N)c(C2C[C@H]3[C@@H](N2)[C@H](c2cccc(Cl)c2F)[C@]2(C(=O)Nc4cc(Cl)ccc42)N3CC2CC2)cc1OC. The molecule has 3 aromatic rings. The van der Waals surface area contributed by atoms with Gasteiger partial charge in [0.1, 0.15) is 22.7 Å². The summed E-state index contributed by atoms with van der Waals surface area (Å²) >= 11 is 12.7. The molecule has 44 heavy (non-hydrogen) atoms. The monoisotopic (exact) mass is 640 g/mol. The maximum absolute atomic E-state index is 16.0. The minimum atomic E-state index is -1.18. The normalized spacial score (nSPS) is 27.1. The third-order valence-corrected chi connectivity index (χ3v) is 10.1. The van der Waals surface area contributed by atoms with Crippen LogP contribution in [-0.4, -0.2) is 49.6 Å². The maximum Gasteiger partial charge on any atom is 0.341 e. The summed E-state index contributed by atoms with van der Waals surface area (Å²) < 4.78 is 26.5. The van der Waals surface area contributed by atoms with Crippen molar-refractivity contribution in [2.24, 2.45) is 5.92 Å². The summed E-state index contributed by atoms with van der Waals surface area (Å²) in [5.41, 5.74) is 8.53. The molecule has 0 bridgehead atoms. The van der Waals surface area contributed by atoms with E-state index in [4.69, 9.17) is 38.4 Å². The van der Waals surface area contributed by atoms with Crippen molar-refractivity contribution in [2.45, 2.75) is 56.3 Å². The van der Waals surface area contributed by atoms with Crippen molar-refractivity contribution < 1.29 is 23.5 Å². The molecular weight excluding hydrogens is 606 g/mol. The number of amides is 1. The molecule has 2 saturated heterocycles. The van der Waals surface area contributed by atoms with E-state index in [9.17, 15) is 9.59 Å². The first-order valence-corrected chi connectivity index (χ1v) is 15.1. The number of nitrogens with two attached hydrogens (primary N) is 1. The third-order valence-electron chi connectivity index (χ3n) is 9.59. The average molecular weight is 642 g/mol. The van der Waals surface area contributed by atoms with Gasteiger partial charge in [-0.05, 0) is 66.6 Å². The Bertz CT molecular complexity index is 1670. The Hall–Kier alpha value is -3.37. The molecule has 1 spiro atoms. The van der Waals surface area contributed by atoms with E-state index in [2.05, 4.69) is 15.5 Å². The van der Waals surface area contributed by atoms with E-state index in [1.54, 1.807) is 36.4 Å². The molecule has 1 saturated carbocycles. The number of ether oxygens (including phenoxy) is 2. The fraction of sp³-hybridized carbons (Fsp3) is 0.394. The number of esters is 1. The van der Waals surface area contributed by atoms with E-state index >= 15 is 4.39 Å². The van der Waals surface area contributed by atoms with Crippen molar-refractivity contribution in [1.82, 2.24) is 10.2 Å². The Balaban J connectivity index is 0.00000343. The molecule has 0 aromatic heterocycles. The number of carbonyl (C=O) groups excluding carboxylic acids is 2. The number of rotatable bonds is 6. The fourth-order valence-electron chi connectivity index (χ4n) is 7.63. The second-order valence-corrected chi connectivity index (χ2v) is 12.7. The number of hydrogen-bond acceptors (Lipinski definition) is 7. The molecule has 11 heteroatoms. The Morgan fingerprint density at radius 3 is 2.61 bits per heavy atom. The van der Waals surface area contributed by atoms with Crippen LogP contribution in [-0.2, 0) is 15.1 Å². The predicted molar refractivity (Wildman–Crippen MR) is 169 cm³/mol. The molecule has 0 radical (unpaired) electrons. The number of likely N-dealkylation sites (tertiary alicyclic amines) is 1. The first kappa shape index (κ1) is 30.6. The molecule has 4 N–H and O–H groups in total. The van der Waals surface area contributed by atoms with Gasteiger partial charge in [0.2, 0.25) is 5.91 Å². The first-order valence-electron chi connectivity index (χ1n) is 14.3. The van der Waals surface area contributed by atoms with Crippen molar-refractivity contribution in [3.8, 4) is 5.75 Å². The minimum Gasteiger partial charge on any atom is -0.496 e. The molecule has 232 valence electrons. The van der Waals surface area contributed by atoms with Gasteiger partial charge in [-0.15, -0.1) is 0 Å². The Morgan fingerprint density at radius 1 is 1.14 bits per heavy atom. The molecule has 4 aliphatic rings. The Morgan fingerprint density at radius 2 is 1.91 bits per heavy atom. The van der Waals surface area contributed by atoms with Gasteiger partial charge in [-0.2, -0.15) is 0 Å². The second kappa shape index (κ2) is 11.2. The molecule has 1 unspecified atom stereocenters. The van der Waals surface area contributed by atoms with Gasteiger partial charge >= 0.3 is 5.97 Å². The summed E-state index contributed by atoms with van der Waals surface area (Å²) in [6.07, 6.45) is 2.75. The van der Waals surface area contributed by atoms with Gasteiger partial charge in [-0.25, -0.2) is 9.18 Å². The highest BCUT2D eigenvalue weighted by atomic mass is 35.5. The summed E-state index contributed by atoms with van der Waals surface area (Å²) in [7, 11) is 2.79. The highest BCUT2D eigenvalue weighted by molar-refractivity contribution is 6.31. The molecular formula is C33H35Cl2FN4O4. The lowest BCUT2D eigenvalue weighted by atomic mass is 9.73. The molecule has 3 fully saturated rings. The molecule has 3 aliphatic heterocycles. The van der Waals surface area contributed by atoms with Gasteiger partial charge in [0.05, 0.1) is 19.2 Å². The van der Waals surface area contributed by atoms with Crippen LogP contribution >= 0.6 is 23.2 Å². The minimum absolute atomic E-state index is 0. The van der Waals surface area contributed by atoms with E-state index in [1.165, 1.54) is 20.3 Å². The van der Waals surface area contributed by atoms with Gasteiger partial charge in [0.15, 0.2) is 0 Å². The first-order chi connectivity index (χ1) is 20.7. The smallest absolute Gasteiger partial charge is 0.341 e. The summed E-state index contributed by atoms with van der Waals surface area (Å²) in [5, 5.41) is 7.33. The van der Waals surface area contributed by atoms with Gasteiger partial charge in [-0.1, -0.05) is 48.8 Å². The van der Waals surface area contributed by atoms with Gasteiger partial charge in [0, 0.05) is 52.5 Å². The summed E-state index contributed by atoms with van der Waals surface area (Å²) in [5.74, 6) is -1.13. The van der Waals surface area contributed by atoms with Crippen molar-refractivity contribution in [1.29, 1.82) is 0 Å². The number of nitrogen functional groups attached to an aromatic ring is 1. The quantitative estimate of drug-likeness (QED) is 0.215. The zero-order valence-electron chi connectivity index (χ0n) is 23.6. The molecule has 3 aromatic carbocycles. The van der Waals surface area contributed by atoms with E-state index < -0.39 is 23.2 Å². The predicted octanol–water partition coefficient (Wildman–Crippen LogP) is 6.27. The van der Waals surface area contributed by atoms with Crippen LogP contribution in [0, 0.1) is 11.7 Å². The van der Waals surface area contributed by atoms with Crippen molar-refractivity contribution in [3.05, 3.63) is 86.6 Å². The third kappa shape index (κ3) is 4.47. The van der Waals surface area contributed by atoms with Crippen LogP contribution in [0.4, 0.5) is 15.8 Å². The average Bonchev–Trinajstić information content (AvgIpc) is 3.56. The lowest BCUT2D eigenvalue weighted by Gasteiger charge is -2.41.